The van der Waals surface area contributed by atoms with Gasteiger partial charge in [-0.2, -0.15) is 12.6 Å². The molecular formula is C13H18O3S. The predicted octanol–water partition coefficient (Wildman–Crippen LogP) is 2.81. The van der Waals surface area contributed by atoms with Crippen molar-refractivity contribution in [3.63, 3.8) is 0 Å². The fourth-order valence-corrected chi connectivity index (χ4v) is 1.36. The van der Waals surface area contributed by atoms with E-state index in [1.807, 2.05) is 13.0 Å². The topological polar surface area (TPSA) is 35.5 Å². The number of thiol groups is 1. The summed E-state index contributed by atoms with van der Waals surface area (Å²) in [6.07, 6.45) is 0. The van der Waals surface area contributed by atoms with Gasteiger partial charge in [0.05, 0.1) is 13.2 Å². The zero-order valence-corrected chi connectivity index (χ0v) is 11.1. The Balaban J connectivity index is 2.74. The third-order valence-corrected chi connectivity index (χ3v) is 2.84. The molecule has 1 atom stereocenters. The van der Waals surface area contributed by atoms with Gasteiger partial charge in [0, 0.05) is 0 Å². The Morgan fingerprint density at radius 1 is 1.41 bits per heavy atom. The van der Waals surface area contributed by atoms with E-state index in [9.17, 15) is 4.79 Å². The van der Waals surface area contributed by atoms with Crippen LogP contribution in [0.3, 0.4) is 0 Å². The van der Waals surface area contributed by atoms with Gasteiger partial charge in [-0.05, 0) is 30.7 Å². The Hall–Kier alpha value is -1.16. The lowest BCUT2D eigenvalue weighted by Crippen LogP contribution is -2.13. The van der Waals surface area contributed by atoms with Crippen LogP contribution in [-0.4, -0.2) is 24.9 Å². The molecule has 0 aliphatic rings. The standard InChI is InChI=1S/C13H18O3S/c1-3-15-13(14)11-6-4-5-7-12(11)16-8-10(2)9-17/h4-7,10,17H,3,8-9H2,1-2H3. The summed E-state index contributed by atoms with van der Waals surface area (Å²) in [5.74, 6) is 1.32. The number of ether oxygens (including phenoxy) is 2. The molecule has 0 heterocycles. The third kappa shape index (κ3) is 4.30. The highest BCUT2D eigenvalue weighted by atomic mass is 32.1. The first kappa shape index (κ1) is 13.9. The van der Waals surface area contributed by atoms with Crippen molar-refractivity contribution in [1.29, 1.82) is 0 Å². The molecule has 1 aromatic rings. The molecule has 3 nitrogen and oxygen atoms in total. The average Bonchev–Trinajstić information content (AvgIpc) is 2.36. The lowest BCUT2D eigenvalue weighted by molar-refractivity contribution is 0.0521. The van der Waals surface area contributed by atoms with Gasteiger partial charge in [0.15, 0.2) is 0 Å². The van der Waals surface area contributed by atoms with Crippen molar-refractivity contribution >= 4 is 18.6 Å². The summed E-state index contributed by atoms with van der Waals surface area (Å²) in [7, 11) is 0. The molecule has 1 rings (SSSR count). The van der Waals surface area contributed by atoms with Crippen molar-refractivity contribution < 1.29 is 14.3 Å². The summed E-state index contributed by atoms with van der Waals surface area (Å²) in [5, 5.41) is 0. The minimum atomic E-state index is -0.346. The van der Waals surface area contributed by atoms with E-state index < -0.39 is 0 Å². The van der Waals surface area contributed by atoms with E-state index in [1.54, 1.807) is 25.1 Å². The minimum absolute atomic E-state index is 0.341. The molecule has 4 heteroatoms. The van der Waals surface area contributed by atoms with Crippen LogP contribution >= 0.6 is 12.6 Å². The summed E-state index contributed by atoms with van der Waals surface area (Å²) >= 11 is 4.19. The smallest absolute Gasteiger partial charge is 0.341 e. The number of carbonyl (C=O) groups excluding carboxylic acids is 1. The first-order valence-electron chi connectivity index (χ1n) is 5.68. The van der Waals surface area contributed by atoms with E-state index >= 15 is 0 Å². The number of hydrogen-bond donors (Lipinski definition) is 1. The van der Waals surface area contributed by atoms with Gasteiger partial charge < -0.3 is 9.47 Å². The van der Waals surface area contributed by atoms with Gasteiger partial charge in [-0.25, -0.2) is 4.79 Å². The van der Waals surface area contributed by atoms with Crippen LogP contribution in [0.1, 0.15) is 24.2 Å². The molecule has 0 spiro atoms. The molecular weight excluding hydrogens is 236 g/mol. The van der Waals surface area contributed by atoms with Crippen molar-refractivity contribution in [3.8, 4) is 5.75 Å². The Labute approximate surface area is 108 Å². The number of carbonyl (C=O) groups is 1. The highest BCUT2D eigenvalue weighted by Crippen LogP contribution is 2.19. The maximum atomic E-state index is 11.7. The second-order valence-corrected chi connectivity index (χ2v) is 4.18. The van der Waals surface area contributed by atoms with Crippen LogP contribution in [0.4, 0.5) is 0 Å². The Bertz CT molecular complexity index is 365. The molecule has 1 unspecified atom stereocenters. The summed E-state index contributed by atoms with van der Waals surface area (Å²) in [6.45, 7) is 4.73. The van der Waals surface area contributed by atoms with Gasteiger partial charge in [0.2, 0.25) is 0 Å². The minimum Gasteiger partial charge on any atom is -0.492 e. The van der Waals surface area contributed by atoms with E-state index in [4.69, 9.17) is 9.47 Å². The van der Waals surface area contributed by atoms with Crippen LogP contribution < -0.4 is 4.74 Å². The lowest BCUT2D eigenvalue weighted by Gasteiger charge is -2.13. The van der Waals surface area contributed by atoms with Crippen molar-refractivity contribution in [2.24, 2.45) is 5.92 Å². The van der Waals surface area contributed by atoms with Gasteiger partial charge in [-0.1, -0.05) is 19.1 Å². The van der Waals surface area contributed by atoms with E-state index in [2.05, 4.69) is 12.6 Å². The van der Waals surface area contributed by atoms with E-state index in [1.165, 1.54) is 0 Å². The van der Waals surface area contributed by atoms with Crippen LogP contribution in [-0.2, 0) is 4.74 Å². The third-order valence-electron chi connectivity index (χ3n) is 2.22. The molecule has 0 bridgehead atoms. The zero-order valence-electron chi connectivity index (χ0n) is 10.2. The molecule has 0 aliphatic carbocycles. The number of rotatable bonds is 6. The van der Waals surface area contributed by atoms with Crippen LogP contribution in [0.15, 0.2) is 24.3 Å². The monoisotopic (exact) mass is 254 g/mol. The Morgan fingerprint density at radius 3 is 2.76 bits per heavy atom. The molecule has 0 aromatic heterocycles. The maximum absolute atomic E-state index is 11.7. The Morgan fingerprint density at radius 2 is 2.12 bits per heavy atom. The molecule has 0 amide bonds. The fourth-order valence-electron chi connectivity index (χ4n) is 1.25. The summed E-state index contributed by atoms with van der Waals surface area (Å²) in [5.41, 5.74) is 0.473. The lowest BCUT2D eigenvalue weighted by atomic mass is 10.2. The maximum Gasteiger partial charge on any atom is 0.341 e. The van der Waals surface area contributed by atoms with Crippen molar-refractivity contribution in [2.75, 3.05) is 19.0 Å². The normalized spacial score (nSPS) is 11.9. The van der Waals surface area contributed by atoms with Crippen molar-refractivity contribution in [1.82, 2.24) is 0 Å². The van der Waals surface area contributed by atoms with Gasteiger partial charge in [0.1, 0.15) is 11.3 Å². The van der Waals surface area contributed by atoms with Crippen LogP contribution in [0, 0.1) is 5.92 Å². The number of para-hydroxylation sites is 1. The van der Waals surface area contributed by atoms with Gasteiger partial charge in [0.25, 0.3) is 0 Å². The molecule has 17 heavy (non-hydrogen) atoms. The molecule has 0 N–H and O–H groups in total. The second-order valence-electron chi connectivity index (χ2n) is 3.82. The van der Waals surface area contributed by atoms with Crippen LogP contribution in [0.25, 0.3) is 0 Å². The molecule has 94 valence electrons. The second kappa shape index (κ2) is 7.22. The molecule has 0 aliphatic heterocycles. The van der Waals surface area contributed by atoms with Crippen LogP contribution in [0.2, 0.25) is 0 Å². The van der Waals surface area contributed by atoms with E-state index in [-0.39, 0.29) is 5.97 Å². The molecule has 0 saturated heterocycles. The highest BCUT2D eigenvalue weighted by Gasteiger charge is 2.13. The number of hydrogen-bond acceptors (Lipinski definition) is 4. The summed E-state index contributed by atoms with van der Waals surface area (Å²) in [6, 6.07) is 7.11. The SMILES string of the molecule is CCOC(=O)c1ccccc1OCC(C)CS. The van der Waals surface area contributed by atoms with Gasteiger partial charge >= 0.3 is 5.97 Å². The van der Waals surface area contributed by atoms with E-state index in [0.29, 0.717) is 30.4 Å². The average molecular weight is 254 g/mol. The molecule has 0 saturated carbocycles. The summed E-state index contributed by atoms with van der Waals surface area (Å²) < 4.78 is 10.6. The fraction of sp³-hybridized carbons (Fsp3) is 0.462. The van der Waals surface area contributed by atoms with Crippen LogP contribution in [0.5, 0.6) is 5.75 Å². The largest absolute Gasteiger partial charge is 0.492 e. The molecule has 0 fully saturated rings. The number of esters is 1. The van der Waals surface area contributed by atoms with Gasteiger partial charge in [-0.15, -0.1) is 0 Å². The predicted molar refractivity (Wildman–Crippen MR) is 70.9 cm³/mol. The van der Waals surface area contributed by atoms with Crippen molar-refractivity contribution in [2.45, 2.75) is 13.8 Å². The molecule has 1 aromatic carbocycles. The zero-order chi connectivity index (χ0) is 12.7. The molecule has 0 radical (unpaired) electrons. The quantitative estimate of drug-likeness (QED) is 0.626. The van der Waals surface area contributed by atoms with Crippen molar-refractivity contribution in [3.05, 3.63) is 29.8 Å². The first-order chi connectivity index (χ1) is 8.19. The highest BCUT2D eigenvalue weighted by molar-refractivity contribution is 7.80. The Kier molecular flexibility index (Phi) is 5.91. The first-order valence-corrected chi connectivity index (χ1v) is 6.32. The van der Waals surface area contributed by atoms with E-state index in [0.717, 1.165) is 5.75 Å². The summed E-state index contributed by atoms with van der Waals surface area (Å²) in [4.78, 5) is 11.7. The number of benzene rings is 1. The van der Waals surface area contributed by atoms with Gasteiger partial charge in [-0.3, -0.25) is 0 Å².